The lowest BCUT2D eigenvalue weighted by Crippen LogP contribution is -2.25. The molecular formula is C31H30N2O3P2. The second kappa shape index (κ2) is 12.8. The minimum absolute atomic E-state index is 0.0226. The van der Waals surface area contributed by atoms with Crippen molar-refractivity contribution in [2.75, 3.05) is 13.2 Å². The lowest BCUT2D eigenvalue weighted by Gasteiger charge is -2.27. The predicted octanol–water partition coefficient (Wildman–Crippen LogP) is 7.63. The largest absolute Gasteiger partial charge is 0.371 e. The smallest absolute Gasteiger partial charge is 0.305 e. The van der Waals surface area contributed by atoms with Gasteiger partial charge >= 0.3 is 7.60 Å². The van der Waals surface area contributed by atoms with E-state index in [1.54, 1.807) is 19.9 Å². The molecule has 0 radical (unpaired) electrons. The molecule has 38 heavy (non-hydrogen) atoms. The topological polar surface area (TPSA) is 71.7 Å². The molecule has 0 aromatic heterocycles. The normalized spacial score (nSPS) is 12.1. The number of benzene rings is 4. The van der Waals surface area contributed by atoms with Crippen LogP contribution in [0.4, 0.5) is 5.69 Å². The minimum Gasteiger partial charge on any atom is -0.305 e. The standard InChI is InChI=1S/C31H30N2O3P2/c1-3-35-38(34,36-4-2)31(25-32)24-26-20-22-27(23-21-26)33-37(28-14-8-5-9-15-28,29-16-10-6-11-17-29)30-18-12-7-13-19-30/h5-24H,3-4H2,1-2H3/b31-24-. The monoisotopic (exact) mass is 540 g/mol. The van der Waals surface area contributed by atoms with Crippen LogP contribution in [-0.4, -0.2) is 13.2 Å². The molecule has 0 heterocycles. The molecular weight excluding hydrogens is 510 g/mol. The van der Waals surface area contributed by atoms with Crippen LogP contribution < -0.4 is 15.9 Å². The molecule has 0 saturated carbocycles. The van der Waals surface area contributed by atoms with Crippen LogP contribution in [0.5, 0.6) is 0 Å². The zero-order valence-corrected chi connectivity index (χ0v) is 23.3. The Morgan fingerprint density at radius 2 is 1.16 bits per heavy atom. The van der Waals surface area contributed by atoms with E-state index >= 15 is 0 Å². The van der Waals surface area contributed by atoms with E-state index < -0.39 is 14.7 Å². The average Bonchev–Trinajstić information content (AvgIpc) is 2.97. The summed E-state index contributed by atoms with van der Waals surface area (Å²) in [5, 5.41) is 13.1. The number of nitriles is 1. The van der Waals surface area contributed by atoms with Crippen LogP contribution in [-0.2, 0) is 13.6 Å². The van der Waals surface area contributed by atoms with Gasteiger partial charge in [-0.15, -0.1) is 0 Å². The van der Waals surface area contributed by atoms with Crippen LogP contribution in [0.2, 0.25) is 0 Å². The Morgan fingerprint density at radius 3 is 1.53 bits per heavy atom. The third-order valence-corrected chi connectivity index (χ3v) is 11.5. The van der Waals surface area contributed by atoms with E-state index in [-0.39, 0.29) is 18.5 Å². The molecule has 7 heteroatoms. The van der Waals surface area contributed by atoms with Gasteiger partial charge in [0.2, 0.25) is 0 Å². The first-order valence-electron chi connectivity index (χ1n) is 12.5. The lowest BCUT2D eigenvalue weighted by molar-refractivity contribution is 0.227. The third kappa shape index (κ3) is 5.97. The summed E-state index contributed by atoms with van der Waals surface area (Å²) in [6, 6.07) is 40.9. The van der Waals surface area contributed by atoms with Crippen molar-refractivity contribution in [3.63, 3.8) is 0 Å². The fourth-order valence-electron chi connectivity index (χ4n) is 4.21. The van der Waals surface area contributed by atoms with E-state index in [2.05, 4.69) is 72.8 Å². The molecule has 0 spiro atoms. The molecule has 0 bridgehead atoms. The van der Waals surface area contributed by atoms with Gasteiger partial charge in [-0.25, -0.2) is 0 Å². The maximum Gasteiger partial charge on any atom is 0.371 e. The Balaban J connectivity index is 1.88. The molecule has 192 valence electrons. The predicted molar refractivity (Wildman–Crippen MR) is 158 cm³/mol. The molecule has 0 fully saturated rings. The molecule has 5 nitrogen and oxygen atoms in total. The summed E-state index contributed by atoms with van der Waals surface area (Å²) in [5.74, 6) is 0. The summed E-state index contributed by atoms with van der Waals surface area (Å²) in [5.41, 5.74) is 1.52. The minimum atomic E-state index is -3.68. The molecule has 0 aliphatic carbocycles. The Morgan fingerprint density at radius 1 is 0.737 bits per heavy atom. The highest BCUT2D eigenvalue weighted by Gasteiger charge is 2.30. The Bertz CT molecular complexity index is 1400. The zero-order chi connectivity index (χ0) is 26.8. The second-order valence-electron chi connectivity index (χ2n) is 8.31. The van der Waals surface area contributed by atoms with E-state index in [0.717, 1.165) is 21.6 Å². The number of nitrogens with zero attached hydrogens (tertiary/aromatic N) is 2. The van der Waals surface area contributed by atoms with Crippen molar-refractivity contribution < 1.29 is 13.6 Å². The van der Waals surface area contributed by atoms with Crippen LogP contribution >= 0.6 is 14.7 Å². The van der Waals surface area contributed by atoms with Crippen molar-refractivity contribution in [2.45, 2.75) is 13.8 Å². The van der Waals surface area contributed by atoms with E-state index in [1.165, 1.54) is 0 Å². The molecule has 0 aliphatic heterocycles. The maximum absolute atomic E-state index is 13.1. The van der Waals surface area contributed by atoms with Crippen molar-refractivity contribution in [2.24, 2.45) is 4.74 Å². The summed E-state index contributed by atoms with van der Waals surface area (Å²) in [7, 11) is -6.07. The van der Waals surface area contributed by atoms with E-state index in [1.807, 2.05) is 48.5 Å². The second-order valence-corrected chi connectivity index (χ2v) is 13.3. The van der Waals surface area contributed by atoms with Gasteiger partial charge in [0.05, 0.1) is 26.0 Å². The van der Waals surface area contributed by atoms with E-state index in [4.69, 9.17) is 13.8 Å². The fraction of sp³-hybridized carbons (Fsp3) is 0.129. The summed E-state index contributed by atoms with van der Waals surface area (Å²) in [6.45, 7) is 3.80. The number of allylic oxidation sites excluding steroid dienone is 1. The highest BCUT2D eigenvalue weighted by Crippen LogP contribution is 2.56. The van der Waals surface area contributed by atoms with Gasteiger partial charge in [0.25, 0.3) is 0 Å². The summed E-state index contributed by atoms with van der Waals surface area (Å²) in [4.78, 5) is 0. The van der Waals surface area contributed by atoms with E-state index in [0.29, 0.717) is 5.56 Å². The van der Waals surface area contributed by atoms with Crippen molar-refractivity contribution >= 4 is 42.3 Å². The van der Waals surface area contributed by atoms with Crippen molar-refractivity contribution in [3.05, 3.63) is 126 Å². The molecule has 4 aromatic rings. The van der Waals surface area contributed by atoms with Gasteiger partial charge < -0.3 is 9.05 Å². The van der Waals surface area contributed by atoms with Crippen LogP contribution in [0.15, 0.2) is 125 Å². The summed E-state index contributed by atoms with van der Waals surface area (Å²) in [6.07, 6.45) is 1.56. The van der Waals surface area contributed by atoms with Gasteiger partial charge in [-0.05, 0) is 37.6 Å². The van der Waals surface area contributed by atoms with Crippen LogP contribution in [0.25, 0.3) is 6.08 Å². The van der Waals surface area contributed by atoms with Crippen LogP contribution in [0, 0.1) is 11.3 Å². The summed E-state index contributed by atoms with van der Waals surface area (Å²) < 4.78 is 29.3. The first kappa shape index (κ1) is 27.5. The van der Waals surface area contributed by atoms with Crippen molar-refractivity contribution in [1.29, 1.82) is 5.26 Å². The van der Waals surface area contributed by atoms with Crippen LogP contribution in [0.3, 0.4) is 0 Å². The van der Waals surface area contributed by atoms with Crippen LogP contribution in [0.1, 0.15) is 19.4 Å². The maximum atomic E-state index is 13.1. The van der Waals surface area contributed by atoms with Crippen molar-refractivity contribution in [1.82, 2.24) is 0 Å². The molecule has 0 N–H and O–H groups in total. The molecule has 4 aromatic carbocycles. The number of hydrogen-bond acceptors (Lipinski definition) is 5. The number of rotatable bonds is 10. The molecule has 0 unspecified atom stereocenters. The van der Waals surface area contributed by atoms with Gasteiger partial charge in [0.1, 0.15) is 11.4 Å². The SMILES string of the molecule is CCOP(=O)(OCC)/C(C#N)=C\c1ccc(N=P(c2ccccc2)(c2ccccc2)c2ccccc2)cc1. The highest BCUT2D eigenvalue weighted by atomic mass is 31.2. The Hall–Kier alpha value is -3.51. The van der Waals surface area contributed by atoms with Gasteiger partial charge in [-0.3, -0.25) is 9.31 Å². The molecule has 0 atom stereocenters. The Kier molecular flexibility index (Phi) is 9.29. The van der Waals surface area contributed by atoms with Gasteiger partial charge in [0.15, 0.2) is 0 Å². The molecule has 0 saturated heterocycles. The molecule has 0 aliphatic rings. The molecule has 4 rings (SSSR count). The van der Waals surface area contributed by atoms with Gasteiger partial charge in [0, 0.05) is 15.9 Å². The molecule has 0 amide bonds. The van der Waals surface area contributed by atoms with E-state index in [9.17, 15) is 9.83 Å². The quantitative estimate of drug-likeness (QED) is 0.153. The first-order chi connectivity index (χ1) is 18.6. The average molecular weight is 541 g/mol. The zero-order valence-electron chi connectivity index (χ0n) is 21.5. The lowest BCUT2D eigenvalue weighted by atomic mass is 10.2. The number of hydrogen-bond donors (Lipinski definition) is 0. The van der Waals surface area contributed by atoms with Gasteiger partial charge in [-0.1, -0.05) is 103 Å². The fourth-order valence-corrected chi connectivity index (χ4v) is 9.20. The summed E-state index contributed by atoms with van der Waals surface area (Å²) >= 11 is 0. The van der Waals surface area contributed by atoms with Gasteiger partial charge in [-0.2, -0.15) is 5.26 Å². The first-order valence-corrected chi connectivity index (χ1v) is 15.7. The third-order valence-electron chi connectivity index (χ3n) is 5.86. The Labute approximate surface area is 225 Å². The highest BCUT2D eigenvalue weighted by molar-refractivity contribution is 7.87. The van der Waals surface area contributed by atoms with Crippen molar-refractivity contribution in [3.8, 4) is 6.07 Å².